The highest BCUT2D eigenvalue weighted by molar-refractivity contribution is 5.91. The Labute approximate surface area is 135 Å². The molecule has 2 aromatic rings. The van der Waals surface area contributed by atoms with Crippen LogP contribution in [0, 0.1) is 0 Å². The zero-order chi connectivity index (χ0) is 17.1. The first-order valence-corrected chi connectivity index (χ1v) is 6.91. The maximum atomic E-state index is 10.4. The predicted molar refractivity (Wildman–Crippen MR) is 90.8 cm³/mol. The second-order valence-corrected chi connectivity index (χ2v) is 4.63. The fourth-order valence-corrected chi connectivity index (χ4v) is 1.59. The molecule has 0 bridgehead atoms. The first-order chi connectivity index (χ1) is 11.0. The standard InChI is InChI=1S/C10H10O2.C9H8O2/c1-8(10(11)12)7-9-5-3-2-4-6-9;10-9(11)7-6-8-4-2-1-3-5-8/h2-7H,1H3,(H,11,12);1-7H,(H,10,11). The van der Waals surface area contributed by atoms with E-state index in [4.69, 9.17) is 10.2 Å². The smallest absolute Gasteiger partial charge is 0.331 e. The van der Waals surface area contributed by atoms with Gasteiger partial charge in [0.2, 0.25) is 0 Å². The van der Waals surface area contributed by atoms with Crippen LogP contribution in [0.4, 0.5) is 0 Å². The molecule has 2 rings (SSSR count). The summed E-state index contributed by atoms with van der Waals surface area (Å²) in [5, 5.41) is 16.9. The minimum atomic E-state index is -0.922. The number of hydrogen-bond donors (Lipinski definition) is 2. The SMILES string of the molecule is CC(=Cc1ccccc1)C(=O)O.O=C(O)C=Cc1ccccc1. The van der Waals surface area contributed by atoms with Gasteiger partial charge in [-0.1, -0.05) is 60.7 Å². The summed E-state index contributed by atoms with van der Waals surface area (Å²) in [6.45, 7) is 1.58. The summed E-state index contributed by atoms with van der Waals surface area (Å²) in [6, 6.07) is 18.7. The van der Waals surface area contributed by atoms with Crippen molar-refractivity contribution in [1.29, 1.82) is 0 Å². The largest absolute Gasteiger partial charge is 0.478 e. The van der Waals surface area contributed by atoms with Crippen LogP contribution in [0.1, 0.15) is 18.1 Å². The quantitative estimate of drug-likeness (QED) is 0.838. The Bertz CT molecular complexity index is 686. The summed E-state index contributed by atoms with van der Waals surface area (Å²) < 4.78 is 0. The molecule has 0 aliphatic rings. The average Bonchev–Trinajstić information content (AvgIpc) is 2.55. The number of aliphatic carboxylic acids is 2. The molecule has 0 saturated heterocycles. The number of hydrogen-bond acceptors (Lipinski definition) is 2. The molecule has 0 amide bonds. The molecule has 0 saturated carbocycles. The van der Waals surface area contributed by atoms with Crippen molar-refractivity contribution in [3.8, 4) is 0 Å². The molecule has 0 atom stereocenters. The van der Waals surface area contributed by atoms with E-state index in [1.54, 1.807) is 19.1 Å². The summed E-state index contributed by atoms with van der Waals surface area (Å²) in [5.41, 5.74) is 2.16. The van der Waals surface area contributed by atoms with Crippen LogP contribution in [0.3, 0.4) is 0 Å². The predicted octanol–water partition coefficient (Wildman–Crippen LogP) is 3.96. The van der Waals surface area contributed by atoms with Gasteiger partial charge in [0.1, 0.15) is 0 Å². The lowest BCUT2D eigenvalue weighted by atomic mass is 10.1. The van der Waals surface area contributed by atoms with Gasteiger partial charge in [-0.3, -0.25) is 0 Å². The van der Waals surface area contributed by atoms with Crippen molar-refractivity contribution < 1.29 is 19.8 Å². The molecule has 2 N–H and O–H groups in total. The molecule has 0 aliphatic carbocycles. The van der Waals surface area contributed by atoms with E-state index >= 15 is 0 Å². The minimum Gasteiger partial charge on any atom is -0.478 e. The van der Waals surface area contributed by atoms with Crippen molar-refractivity contribution in [3.05, 3.63) is 83.4 Å². The van der Waals surface area contributed by atoms with Crippen molar-refractivity contribution in [2.45, 2.75) is 6.92 Å². The van der Waals surface area contributed by atoms with Gasteiger partial charge in [-0.15, -0.1) is 0 Å². The fraction of sp³-hybridized carbons (Fsp3) is 0.0526. The van der Waals surface area contributed by atoms with E-state index in [-0.39, 0.29) is 0 Å². The lowest BCUT2D eigenvalue weighted by Gasteiger charge is -1.93. The highest BCUT2D eigenvalue weighted by Crippen LogP contribution is 2.05. The molecule has 0 spiro atoms. The van der Waals surface area contributed by atoms with Gasteiger partial charge in [0.25, 0.3) is 0 Å². The highest BCUT2D eigenvalue weighted by atomic mass is 16.4. The van der Waals surface area contributed by atoms with Crippen molar-refractivity contribution in [2.24, 2.45) is 0 Å². The molecule has 4 nitrogen and oxygen atoms in total. The molecule has 0 aliphatic heterocycles. The Hall–Kier alpha value is -3.14. The maximum absolute atomic E-state index is 10.4. The van der Waals surface area contributed by atoms with Gasteiger partial charge in [-0.2, -0.15) is 0 Å². The van der Waals surface area contributed by atoms with E-state index in [1.165, 1.54) is 0 Å². The molecule has 23 heavy (non-hydrogen) atoms. The number of rotatable bonds is 4. The fourth-order valence-electron chi connectivity index (χ4n) is 1.59. The summed E-state index contributed by atoms with van der Waals surface area (Å²) >= 11 is 0. The molecule has 0 aromatic heterocycles. The third-order valence-electron chi connectivity index (χ3n) is 2.74. The topological polar surface area (TPSA) is 74.6 Å². The van der Waals surface area contributed by atoms with Crippen molar-refractivity contribution in [2.75, 3.05) is 0 Å². The van der Waals surface area contributed by atoms with E-state index in [1.807, 2.05) is 60.7 Å². The first-order valence-electron chi connectivity index (χ1n) is 6.91. The van der Waals surface area contributed by atoms with Gasteiger partial charge in [-0.25, -0.2) is 9.59 Å². The number of benzene rings is 2. The zero-order valence-electron chi connectivity index (χ0n) is 12.7. The minimum absolute atomic E-state index is 0.348. The molecule has 0 radical (unpaired) electrons. The van der Waals surface area contributed by atoms with E-state index in [9.17, 15) is 9.59 Å². The maximum Gasteiger partial charge on any atom is 0.331 e. The van der Waals surface area contributed by atoms with Crippen LogP contribution < -0.4 is 0 Å². The van der Waals surface area contributed by atoms with E-state index in [0.29, 0.717) is 5.57 Å². The van der Waals surface area contributed by atoms with Crippen LogP contribution in [0.5, 0.6) is 0 Å². The molecular formula is C19H18O4. The molecular weight excluding hydrogens is 292 g/mol. The van der Waals surface area contributed by atoms with Gasteiger partial charge in [0.15, 0.2) is 0 Å². The van der Waals surface area contributed by atoms with Gasteiger partial charge in [0, 0.05) is 11.6 Å². The van der Waals surface area contributed by atoms with Crippen molar-refractivity contribution in [1.82, 2.24) is 0 Å². The highest BCUT2D eigenvalue weighted by Gasteiger charge is 1.98. The number of carboxylic acid groups (broad SMARTS) is 2. The van der Waals surface area contributed by atoms with Crippen molar-refractivity contribution >= 4 is 24.1 Å². The van der Waals surface area contributed by atoms with Gasteiger partial charge in [-0.05, 0) is 30.2 Å². The lowest BCUT2D eigenvalue weighted by Crippen LogP contribution is -1.95. The molecule has 118 valence electrons. The summed E-state index contributed by atoms with van der Waals surface area (Å²) in [5.74, 6) is -1.80. The number of carbonyl (C=O) groups is 2. The van der Waals surface area contributed by atoms with E-state index in [0.717, 1.165) is 17.2 Å². The van der Waals surface area contributed by atoms with Crippen LogP contribution in [-0.2, 0) is 9.59 Å². The second kappa shape index (κ2) is 9.73. The normalized spacial score (nSPS) is 10.7. The summed E-state index contributed by atoms with van der Waals surface area (Å²) in [6.07, 6.45) is 4.32. The van der Waals surface area contributed by atoms with Gasteiger partial charge < -0.3 is 10.2 Å². The van der Waals surface area contributed by atoms with Gasteiger partial charge in [0.05, 0.1) is 0 Å². The van der Waals surface area contributed by atoms with Gasteiger partial charge >= 0.3 is 11.9 Å². The Morgan fingerprint density at radius 3 is 1.74 bits per heavy atom. The molecule has 4 heteroatoms. The van der Waals surface area contributed by atoms with E-state index in [2.05, 4.69) is 0 Å². The third-order valence-corrected chi connectivity index (χ3v) is 2.74. The molecule has 0 unspecified atom stereocenters. The Balaban J connectivity index is 0.000000231. The monoisotopic (exact) mass is 310 g/mol. The lowest BCUT2D eigenvalue weighted by molar-refractivity contribution is -0.133. The Kier molecular flexibility index (Phi) is 7.58. The van der Waals surface area contributed by atoms with Crippen LogP contribution in [0.15, 0.2) is 72.3 Å². The molecule has 2 aromatic carbocycles. The van der Waals surface area contributed by atoms with Crippen LogP contribution in [-0.4, -0.2) is 22.2 Å². The van der Waals surface area contributed by atoms with Crippen LogP contribution >= 0.6 is 0 Å². The second-order valence-electron chi connectivity index (χ2n) is 4.63. The summed E-state index contributed by atoms with van der Waals surface area (Å²) in [4.78, 5) is 20.5. The molecule has 0 fully saturated rings. The van der Waals surface area contributed by atoms with Crippen LogP contribution in [0.25, 0.3) is 12.2 Å². The van der Waals surface area contributed by atoms with E-state index < -0.39 is 11.9 Å². The molecule has 0 heterocycles. The third kappa shape index (κ3) is 8.02. The summed E-state index contributed by atoms with van der Waals surface area (Å²) in [7, 11) is 0. The van der Waals surface area contributed by atoms with Crippen molar-refractivity contribution in [3.63, 3.8) is 0 Å². The number of carboxylic acids is 2. The Morgan fingerprint density at radius 1 is 0.826 bits per heavy atom. The van der Waals surface area contributed by atoms with Crippen LogP contribution in [0.2, 0.25) is 0 Å². The Morgan fingerprint density at radius 2 is 1.30 bits per heavy atom. The first kappa shape index (κ1) is 17.9. The zero-order valence-corrected chi connectivity index (χ0v) is 12.7. The average molecular weight is 310 g/mol.